The highest BCUT2D eigenvalue weighted by Gasteiger charge is 2.07. The molecule has 0 fully saturated rings. The Morgan fingerprint density at radius 1 is 1.21 bits per heavy atom. The van der Waals surface area contributed by atoms with Crippen molar-refractivity contribution in [3.05, 3.63) is 41.2 Å². The second-order valence-corrected chi connectivity index (χ2v) is 4.57. The zero-order chi connectivity index (χ0) is 13.8. The molecule has 0 bridgehead atoms. The largest absolute Gasteiger partial charge is 0.495 e. The second kappa shape index (κ2) is 5.78. The highest BCUT2D eigenvalue weighted by molar-refractivity contribution is 5.54. The summed E-state index contributed by atoms with van der Waals surface area (Å²) in [6, 6.07) is 8.06. The lowest BCUT2D eigenvalue weighted by Crippen LogP contribution is -2.06. The van der Waals surface area contributed by atoms with Crippen molar-refractivity contribution in [2.75, 3.05) is 12.8 Å². The Kier molecular flexibility index (Phi) is 4.10. The predicted octanol–water partition coefficient (Wildman–Crippen LogP) is 2.65. The summed E-state index contributed by atoms with van der Waals surface area (Å²) >= 11 is 0. The highest BCUT2D eigenvalue weighted by Crippen LogP contribution is 2.22. The number of nitrogens with two attached hydrogens (primary N) is 1. The molecule has 0 atom stereocenters. The van der Waals surface area contributed by atoms with E-state index in [1.165, 1.54) is 5.69 Å². The quantitative estimate of drug-likeness (QED) is 0.840. The van der Waals surface area contributed by atoms with Crippen molar-refractivity contribution in [3.63, 3.8) is 0 Å². The Hall–Kier alpha value is -1.97. The zero-order valence-corrected chi connectivity index (χ0v) is 11.8. The van der Waals surface area contributed by atoms with Gasteiger partial charge in [0, 0.05) is 5.69 Å². The average Bonchev–Trinajstić information content (AvgIpc) is 2.81. The number of hydrogen-bond acceptors (Lipinski definition) is 3. The van der Waals surface area contributed by atoms with Crippen molar-refractivity contribution in [2.24, 2.45) is 0 Å². The molecule has 102 valence electrons. The van der Waals surface area contributed by atoms with Crippen LogP contribution in [0.25, 0.3) is 0 Å². The Morgan fingerprint density at radius 3 is 2.58 bits per heavy atom. The van der Waals surface area contributed by atoms with E-state index in [1.807, 2.05) is 18.2 Å². The van der Waals surface area contributed by atoms with Gasteiger partial charge in [0.25, 0.3) is 0 Å². The van der Waals surface area contributed by atoms with Crippen LogP contribution in [0.2, 0.25) is 0 Å². The fraction of sp³-hybridized carbons (Fsp3) is 0.400. The van der Waals surface area contributed by atoms with Crippen molar-refractivity contribution >= 4 is 5.69 Å². The number of rotatable bonds is 5. The number of benzene rings is 1. The monoisotopic (exact) mass is 259 g/mol. The number of nitrogen functional groups attached to an aromatic ring is 1. The van der Waals surface area contributed by atoms with Gasteiger partial charge in [0.15, 0.2) is 0 Å². The van der Waals surface area contributed by atoms with Crippen molar-refractivity contribution in [3.8, 4) is 5.75 Å². The van der Waals surface area contributed by atoms with Gasteiger partial charge in [-0.3, -0.25) is 4.68 Å². The molecular weight excluding hydrogens is 238 g/mol. The number of methoxy groups -OCH3 is 1. The standard InChI is InChI=1S/C15H21N3O/c1-4-12-9-13(5-2)18(17-12)10-11-6-7-15(19-3)14(16)8-11/h6-9H,4-5,10,16H2,1-3H3. The molecular formula is C15H21N3O. The number of nitrogens with zero attached hydrogens (tertiary/aromatic N) is 2. The van der Waals surface area contributed by atoms with Gasteiger partial charge >= 0.3 is 0 Å². The van der Waals surface area contributed by atoms with Crippen LogP contribution in [0, 0.1) is 0 Å². The highest BCUT2D eigenvalue weighted by atomic mass is 16.5. The molecule has 1 aromatic heterocycles. The lowest BCUT2D eigenvalue weighted by Gasteiger charge is -2.09. The molecule has 0 aliphatic rings. The first kappa shape index (κ1) is 13.5. The minimum absolute atomic E-state index is 0.668. The third-order valence-electron chi connectivity index (χ3n) is 3.26. The van der Waals surface area contributed by atoms with Crippen LogP contribution in [-0.2, 0) is 19.4 Å². The molecule has 4 nitrogen and oxygen atoms in total. The molecule has 1 aromatic carbocycles. The minimum Gasteiger partial charge on any atom is -0.495 e. The first-order valence-corrected chi connectivity index (χ1v) is 6.65. The van der Waals surface area contributed by atoms with Gasteiger partial charge in [0.2, 0.25) is 0 Å². The van der Waals surface area contributed by atoms with Crippen LogP contribution >= 0.6 is 0 Å². The van der Waals surface area contributed by atoms with Crippen molar-refractivity contribution in [2.45, 2.75) is 33.2 Å². The summed E-state index contributed by atoms with van der Waals surface area (Å²) in [5.74, 6) is 0.717. The number of anilines is 1. The van der Waals surface area contributed by atoms with Crippen LogP contribution in [0.15, 0.2) is 24.3 Å². The average molecular weight is 259 g/mol. The zero-order valence-electron chi connectivity index (χ0n) is 11.8. The summed E-state index contributed by atoms with van der Waals surface area (Å²) in [6.07, 6.45) is 1.95. The molecule has 0 saturated carbocycles. The first-order chi connectivity index (χ1) is 9.17. The van der Waals surface area contributed by atoms with Crippen molar-refractivity contribution in [1.29, 1.82) is 0 Å². The van der Waals surface area contributed by atoms with Crippen LogP contribution in [0.3, 0.4) is 0 Å². The number of hydrogen-bond donors (Lipinski definition) is 1. The molecule has 1 heterocycles. The SMILES string of the molecule is CCc1cc(CC)n(Cc2ccc(OC)c(N)c2)n1. The van der Waals surface area contributed by atoms with Crippen LogP contribution in [0.1, 0.15) is 30.8 Å². The molecule has 0 spiro atoms. The summed E-state index contributed by atoms with van der Waals surface area (Å²) in [7, 11) is 1.63. The Balaban J connectivity index is 2.25. The summed E-state index contributed by atoms with van der Waals surface area (Å²) in [6.45, 7) is 5.02. The topological polar surface area (TPSA) is 53.1 Å². The molecule has 0 amide bonds. The molecule has 0 aliphatic heterocycles. The maximum absolute atomic E-state index is 5.93. The van der Waals surface area contributed by atoms with E-state index in [2.05, 4.69) is 29.7 Å². The Labute approximate surface area is 114 Å². The molecule has 19 heavy (non-hydrogen) atoms. The summed E-state index contributed by atoms with van der Waals surface area (Å²) in [5.41, 5.74) is 10.1. The van der Waals surface area contributed by atoms with Gasteiger partial charge in [-0.2, -0.15) is 5.10 Å². The smallest absolute Gasteiger partial charge is 0.141 e. The van der Waals surface area contributed by atoms with Gasteiger partial charge in [-0.05, 0) is 36.6 Å². The van der Waals surface area contributed by atoms with E-state index in [4.69, 9.17) is 10.5 Å². The molecule has 0 saturated heterocycles. The van der Waals surface area contributed by atoms with Crippen molar-refractivity contribution in [1.82, 2.24) is 9.78 Å². The van der Waals surface area contributed by atoms with E-state index in [0.717, 1.165) is 30.6 Å². The number of ether oxygens (including phenoxy) is 1. The fourth-order valence-electron chi connectivity index (χ4n) is 2.16. The van der Waals surface area contributed by atoms with E-state index >= 15 is 0 Å². The predicted molar refractivity (Wildman–Crippen MR) is 77.5 cm³/mol. The Morgan fingerprint density at radius 2 is 2.00 bits per heavy atom. The first-order valence-electron chi connectivity index (χ1n) is 6.65. The van der Waals surface area contributed by atoms with E-state index in [9.17, 15) is 0 Å². The van der Waals surface area contributed by atoms with E-state index in [1.54, 1.807) is 7.11 Å². The number of aromatic nitrogens is 2. The Bertz CT molecular complexity index is 561. The molecule has 4 heteroatoms. The molecule has 0 aliphatic carbocycles. The normalized spacial score (nSPS) is 10.7. The maximum Gasteiger partial charge on any atom is 0.141 e. The third kappa shape index (κ3) is 2.89. The lowest BCUT2D eigenvalue weighted by atomic mass is 10.2. The summed E-state index contributed by atoms with van der Waals surface area (Å²) in [5, 5.41) is 4.61. The van der Waals surface area contributed by atoms with Crippen LogP contribution in [-0.4, -0.2) is 16.9 Å². The van der Waals surface area contributed by atoms with Gasteiger partial charge < -0.3 is 10.5 Å². The molecule has 2 N–H and O–H groups in total. The van der Waals surface area contributed by atoms with Crippen LogP contribution in [0.4, 0.5) is 5.69 Å². The van der Waals surface area contributed by atoms with Gasteiger partial charge in [0.05, 0.1) is 25.0 Å². The third-order valence-corrected chi connectivity index (χ3v) is 3.26. The maximum atomic E-state index is 5.93. The minimum atomic E-state index is 0.668. The summed E-state index contributed by atoms with van der Waals surface area (Å²) in [4.78, 5) is 0. The molecule has 0 unspecified atom stereocenters. The second-order valence-electron chi connectivity index (χ2n) is 4.57. The van der Waals surface area contributed by atoms with Gasteiger partial charge in [-0.1, -0.05) is 19.9 Å². The molecule has 2 rings (SSSR count). The van der Waals surface area contributed by atoms with Crippen LogP contribution < -0.4 is 10.5 Å². The van der Waals surface area contributed by atoms with Gasteiger partial charge in [0.1, 0.15) is 5.75 Å². The number of aryl methyl sites for hydroxylation is 2. The van der Waals surface area contributed by atoms with E-state index < -0.39 is 0 Å². The molecule has 2 aromatic rings. The molecule has 0 radical (unpaired) electrons. The lowest BCUT2D eigenvalue weighted by molar-refractivity contribution is 0.417. The van der Waals surface area contributed by atoms with E-state index in [-0.39, 0.29) is 0 Å². The van der Waals surface area contributed by atoms with E-state index in [0.29, 0.717) is 11.4 Å². The van der Waals surface area contributed by atoms with Gasteiger partial charge in [-0.25, -0.2) is 0 Å². The van der Waals surface area contributed by atoms with Crippen molar-refractivity contribution < 1.29 is 4.74 Å². The van der Waals surface area contributed by atoms with Gasteiger partial charge in [-0.15, -0.1) is 0 Å². The summed E-state index contributed by atoms with van der Waals surface area (Å²) < 4.78 is 7.22. The fourth-order valence-corrected chi connectivity index (χ4v) is 2.16. The van der Waals surface area contributed by atoms with Crippen LogP contribution in [0.5, 0.6) is 5.75 Å².